The summed E-state index contributed by atoms with van der Waals surface area (Å²) in [5.74, 6) is -5.65. The Morgan fingerprint density at radius 3 is 1.16 bits per heavy atom. The van der Waals surface area contributed by atoms with E-state index in [0.717, 1.165) is 178 Å². The van der Waals surface area contributed by atoms with E-state index in [9.17, 15) is 0 Å². The van der Waals surface area contributed by atoms with E-state index in [1.165, 1.54) is 56.6 Å². The second kappa shape index (κ2) is 31.0. The molecule has 98 heavy (non-hydrogen) atoms. The van der Waals surface area contributed by atoms with Crippen molar-refractivity contribution in [3.8, 4) is 73.1 Å². The number of aryl methyl sites for hydroxylation is 2. The van der Waals surface area contributed by atoms with E-state index in [1.807, 2.05) is 13.0 Å². The largest absolute Gasteiger partial charge is 0.206 e. The maximum atomic E-state index is 18.2. The first-order valence-corrected chi connectivity index (χ1v) is 40.0. The third-order valence-electron chi connectivity index (χ3n) is 19.8. The molecule has 0 aliphatic carbocycles. The molecule has 8 aromatic heterocycles. The van der Waals surface area contributed by atoms with E-state index >= 15 is 35.1 Å². The van der Waals surface area contributed by atoms with Crippen LogP contribution in [0, 0.1) is 84.1 Å². The minimum Gasteiger partial charge on any atom is -0.206 e. The normalized spacial score (nSPS) is 13.4. The number of aromatic nitrogens is 6. The van der Waals surface area contributed by atoms with Gasteiger partial charge in [-0.1, -0.05) is 145 Å². The molecular weight excluding hydrogens is 1370 g/mol. The zero-order valence-electron chi connectivity index (χ0n) is 57.4. The van der Waals surface area contributed by atoms with Crippen LogP contribution in [0.4, 0.5) is 35.1 Å². The van der Waals surface area contributed by atoms with E-state index in [1.54, 1.807) is 41.7 Å². The van der Waals surface area contributed by atoms with Crippen molar-refractivity contribution in [3.05, 3.63) is 127 Å². The summed E-state index contributed by atoms with van der Waals surface area (Å²) in [5.41, 5.74) is 1.58. The van der Waals surface area contributed by atoms with Crippen molar-refractivity contribution in [2.75, 3.05) is 0 Å². The lowest BCUT2D eigenvalue weighted by molar-refractivity contribution is 0.351. The van der Waals surface area contributed by atoms with Crippen LogP contribution in [-0.4, -0.2) is 30.0 Å². The van der Waals surface area contributed by atoms with Crippen LogP contribution in [-0.2, 0) is 25.9 Å². The number of halogens is 8. The predicted octanol–water partition coefficient (Wildman–Crippen LogP) is 27.2. The summed E-state index contributed by atoms with van der Waals surface area (Å²) in [5, 5.41) is 21.0. The monoisotopic (exact) mass is 1450 g/mol. The Bertz CT molecular complexity index is 4730. The van der Waals surface area contributed by atoms with Gasteiger partial charge < -0.3 is 0 Å². The number of fused-ring (bicyclic) bond motifs is 4. The van der Waals surface area contributed by atoms with E-state index in [-0.39, 0.29) is 98.4 Å². The van der Waals surface area contributed by atoms with Gasteiger partial charge in [-0.25, -0.2) is 35.1 Å². The highest BCUT2D eigenvalue weighted by Gasteiger charge is 2.33. The van der Waals surface area contributed by atoms with Gasteiger partial charge in [0.25, 0.3) is 0 Å². The highest BCUT2D eigenvalue weighted by atomic mass is 32.1. The average molecular weight is 1450 g/mol. The molecular formula is C78H84F8N6S6. The quantitative estimate of drug-likeness (QED) is 0.0406. The van der Waals surface area contributed by atoms with Crippen LogP contribution in [0.2, 0.25) is 0 Å². The van der Waals surface area contributed by atoms with Gasteiger partial charge in [-0.2, -0.15) is 30.0 Å². The van der Waals surface area contributed by atoms with Crippen LogP contribution in [0.15, 0.2) is 60.7 Å². The highest BCUT2D eigenvalue weighted by molar-refractivity contribution is 7.25. The van der Waals surface area contributed by atoms with Gasteiger partial charge in [0, 0.05) is 96.8 Å². The Morgan fingerprint density at radius 2 is 0.724 bits per heavy atom. The second-order valence-corrected chi connectivity index (χ2v) is 33.3. The Hall–Kier alpha value is -6.16. The van der Waals surface area contributed by atoms with Crippen molar-refractivity contribution < 1.29 is 35.1 Å². The summed E-state index contributed by atoms with van der Waals surface area (Å²) < 4.78 is 137. The molecule has 0 amide bonds. The van der Waals surface area contributed by atoms with Crippen LogP contribution in [0.1, 0.15) is 178 Å². The molecule has 4 unspecified atom stereocenters. The number of unbranched alkanes of at least 4 members (excludes halogenated alkanes) is 4. The van der Waals surface area contributed by atoms with Crippen LogP contribution in [0.25, 0.3) is 115 Å². The predicted molar refractivity (Wildman–Crippen MR) is 399 cm³/mol. The van der Waals surface area contributed by atoms with Crippen molar-refractivity contribution in [2.24, 2.45) is 23.7 Å². The minimum absolute atomic E-state index is 0.0305. The lowest BCUT2D eigenvalue weighted by Crippen LogP contribution is -2.12. The number of benzene rings is 4. The lowest BCUT2D eigenvalue weighted by Gasteiger charge is -2.13. The number of nitrogens with zero attached hydrogens (tertiary/aromatic N) is 6. The lowest BCUT2D eigenvalue weighted by atomic mass is 9.95. The van der Waals surface area contributed by atoms with Gasteiger partial charge in [0.15, 0.2) is 23.3 Å². The van der Waals surface area contributed by atoms with Crippen LogP contribution in [0.5, 0.6) is 0 Å². The second-order valence-electron chi connectivity index (χ2n) is 26.6. The molecule has 0 bridgehead atoms. The Balaban J connectivity index is 0.973. The van der Waals surface area contributed by atoms with Crippen molar-refractivity contribution in [3.63, 3.8) is 0 Å². The third kappa shape index (κ3) is 14.2. The molecule has 0 saturated heterocycles. The molecule has 0 N–H and O–H groups in total. The SMILES string of the molecule is CCCCC(CC)Cc1sc(-c2c3cc(-c4c(F)c(F)c(-c5ccc(-c6cc(F)c(-c7ccc(-c8c(F)c(F)c(C)c9nn(CC(CC)CCCC)nc89)s7)cc6F)s5)c5nn(CC(CC)CCCC)nc45)sc3c(-c3cc(F)c(CC(CC)CCCC)s3)c3cc(C)sc23)cc1F. The van der Waals surface area contributed by atoms with Crippen molar-refractivity contribution in [1.29, 1.82) is 0 Å². The molecule has 8 heterocycles. The highest BCUT2D eigenvalue weighted by Crippen LogP contribution is 2.56. The first-order chi connectivity index (χ1) is 47.3. The molecule has 12 aromatic rings. The topological polar surface area (TPSA) is 61.4 Å². The summed E-state index contributed by atoms with van der Waals surface area (Å²) in [6, 6.07) is 15.5. The van der Waals surface area contributed by atoms with E-state index in [0.29, 0.717) is 57.8 Å². The third-order valence-corrected chi connectivity index (χ3v) is 26.6. The maximum Gasteiger partial charge on any atom is 0.170 e. The molecule has 518 valence electrons. The van der Waals surface area contributed by atoms with Gasteiger partial charge in [-0.05, 0) is 124 Å². The fourth-order valence-electron chi connectivity index (χ4n) is 13.9. The molecule has 0 fully saturated rings. The Labute approximate surface area is 593 Å². The van der Waals surface area contributed by atoms with Gasteiger partial charge >= 0.3 is 0 Å². The van der Waals surface area contributed by atoms with Gasteiger partial charge in [0.1, 0.15) is 45.3 Å². The number of hydrogen-bond acceptors (Lipinski definition) is 10. The number of rotatable bonds is 31. The zero-order chi connectivity index (χ0) is 69.4. The minimum atomic E-state index is -1.20. The van der Waals surface area contributed by atoms with Crippen molar-refractivity contribution >= 4 is 110 Å². The zero-order valence-corrected chi connectivity index (χ0v) is 62.3. The molecule has 0 spiro atoms. The molecule has 4 atom stereocenters. The van der Waals surface area contributed by atoms with Crippen molar-refractivity contribution in [2.45, 2.75) is 198 Å². The molecule has 20 heteroatoms. The summed E-state index contributed by atoms with van der Waals surface area (Å²) in [4.78, 5) is 8.17. The smallest absolute Gasteiger partial charge is 0.170 e. The molecule has 0 aliphatic heterocycles. The fourth-order valence-corrected chi connectivity index (χ4v) is 21.0. The standard InChI is InChI=1S/C78H84F8N6S6/c1-11-19-23-43(15-5)32-59-53(81)37-62(96-59)64-49-31-41(9)93-77(49)65(63-38-54(82)60(97-63)33-44(16-6)24-20-12-2)50-36-61(98-78(50)64)68-72(86)71(85)67(75-76(68)90-92(89-75)40-46(18-8)26-22-14-4)58-30-28-56(95-58)48-35-51(79)47(34-52(48)80)55-27-29-57(94-55)66-70(84)69(83)42(10)73-74(66)88-91(87-73)39-45(17-7)25-21-13-3/h27-31,34-38,43-46H,11-26,32-33,39-40H2,1-10H3. The first kappa shape index (κ1) is 71.7. The summed E-state index contributed by atoms with van der Waals surface area (Å²) in [6.07, 6.45) is 16.8. The molecule has 0 radical (unpaired) electrons. The van der Waals surface area contributed by atoms with Gasteiger partial charge in [0.2, 0.25) is 0 Å². The van der Waals surface area contributed by atoms with E-state index in [4.69, 9.17) is 10.2 Å². The van der Waals surface area contributed by atoms with E-state index in [2.05, 4.69) is 71.7 Å². The number of hydrogen-bond donors (Lipinski definition) is 0. The molecule has 6 nitrogen and oxygen atoms in total. The molecule has 12 rings (SSSR count). The first-order valence-electron chi connectivity index (χ1n) is 35.1. The van der Waals surface area contributed by atoms with E-state index < -0.39 is 34.9 Å². The maximum absolute atomic E-state index is 18.2. The average Bonchev–Trinajstić information content (AvgIpc) is 1.54. The van der Waals surface area contributed by atoms with Crippen LogP contribution >= 0.6 is 68.0 Å². The summed E-state index contributed by atoms with van der Waals surface area (Å²) >= 11 is 7.66. The Kier molecular flexibility index (Phi) is 22.7. The summed E-state index contributed by atoms with van der Waals surface area (Å²) in [7, 11) is 0. The Morgan fingerprint density at radius 1 is 0.357 bits per heavy atom. The molecule has 0 saturated carbocycles. The van der Waals surface area contributed by atoms with Crippen molar-refractivity contribution in [1.82, 2.24) is 30.0 Å². The fraction of sp³-hybridized carbons (Fsp3) is 0.436. The molecule has 4 aromatic carbocycles. The van der Waals surface area contributed by atoms with Gasteiger partial charge in [0.05, 0.1) is 29.8 Å². The van der Waals surface area contributed by atoms with Gasteiger partial charge in [-0.15, -0.1) is 68.0 Å². The number of thiophene rings is 6. The van der Waals surface area contributed by atoms with Crippen LogP contribution < -0.4 is 0 Å². The van der Waals surface area contributed by atoms with Crippen LogP contribution in [0.3, 0.4) is 0 Å². The summed E-state index contributed by atoms with van der Waals surface area (Å²) in [6.45, 7) is 21.4. The molecule has 0 aliphatic rings. The van der Waals surface area contributed by atoms with Gasteiger partial charge in [-0.3, -0.25) is 0 Å².